The molecule has 0 unspecified atom stereocenters. The first-order valence-corrected chi connectivity index (χ1v) is 7.36. The van der Waals surface area contributed by atoms with Crippen molar-refractivity contribution in [3.05, 3.63) is 36.4 Å². The largest absolute Gasteiger partial charge is 0.253 e. The van der Waals surface area contributed by atoms with E-state index in [-0.39, 0.29) is 0 Å². The quantitative estimate of drug-likeness (QED) is 0.639. The molecule has 0 aromatic carbocycles. The van der Waals surface area contributed by atoms with Crippen LogP contribution in [0.25, 0.3) is 12.2 Å². The molecule has 112 valence electrons. The minimum absolute atomic E-state index is 0.783. The van der Waals surface area contributed by atoms with Crippen LogP contribution in [-0.2, 0) is 0 Å². The average molecular weight is 266 g/mol. The molecule has 0 bridgehead atoms. The smallest absolute Gasteiger partial charge is 0.0883 e. The van der Waals surface area contributed by atoms with Crippen molar-refractivity contribution >= 4 is 12.2 Å². The van der Waals surface area contributed by atoms with Crippen LogP contribution in [0.15, 0.2) is 19.4 Å². The molecule has 0 aliphatic rings. The molecule has 1 aromatic rings. The van der Waals surface area contributed by atoms with Crippen LogP contribution >= 0.6 is 0 Å². The van der Waals surface area contributed by atoms with Crippen molar-refractivity contribution in [3.63, 3.8) is 0 Å². The van der Waals surface area contributed by atoms with E-state index < -0.39 is 0 Å². The van der Waals surface area contributed by atoms with Crippen LogP contribution in [0.3, 0.4) is 0 Å². The van der Waals surface area contributed by atoms with Gasteiger partial charge < -0.3 is 0 Å². The lowest BCUT2D eigenvalue weighted by molar-refractivity contribution is 1.09. The summed E-state index contributed by atoms with van der Waals surface area (Å²) in [6.07, 6.45) is 5.06. The average Bonchev–Trinajstić information content (AvgIpc) is 2.55. The molecule has 0 aliphatic heterocycles. The van der Waals surface area contributed by atoms with Gasteiger partial charge in [-0.05, 0) is 19.1 Å². The van der Waals surface area contributed by atoms with Crippen molar-refractivity contribution in [2.24, 2.45) is 0 Å². The van der Waals surface area contributed by atoms with Crippen molar-refractivity contribution in [3.8, 4) is 0 Å². The summed E-state index contributed by atoms with van der Waals surface area (Å²) in [7, 11) is 0. The van der Waals surface area contributed by atoms with Crippen LogP contribution < -0.4 is 0 Å². The van der Waals surface area contributed by atoms with Gasteiger partial charge in [-0.1, -0.05) is 68.5 Å². The van der Waals surface area contributed by atoms with Gasteiger partial charge in [0, 0.05) is 6.20 Å². The van der Waals surface area contributed by atoms with Gasteiger partial charge in [0.05, 0.1) is 17.1 Å². The lowest BCUT2D eigenvalue weighted by atomic mass is 10.3. The molecule has 0 fully saturated rings. The summed E-state index contributed by atoms with van der Waals surface area (Å²) >= 11 is 0. The molecule has 0 spiro atoms. The normalized spacial score (nSPS) is 6.58. The second kappa shape index (κ2) is 25.4. The Hall–Kier alpha value is -1.44. The summed E-state index contributed by atoms with van der Waals surface area (Å²) in [5, 5.41) is 0. The zero-order valence-electron chi connectivity index (χ0n) is 14.5. The van der Waals surface area contributed by atoms with Gasteiger partial charge in [-0.2, -0.15) is 0 Å². The second-order valence-electron chi connectivity index (χ2n) is 2.19. The predicted octanol–water partition coefficient (Wildman–Crippen LogP) is 6.18. The van der Waals surface area contributed by atoms with Gasteiger partial charge in [0.2, 0.25) is 0 Å². The predicted molar refractivity (Wildman–Crippen MR) is 92.3 cm³/mol. The number of aryl methyl sites for hydroxylation is 1. The van der Waals surface area contributed by atoms with E-state index in [0.717, 1.165) is 17.1 Å². The molecule has 0 N–H and O–H groups in total. The van der Waals surface area contributed by atoms with Crippen molar-refractivity contribution in [2.45, 2.75) is 62.3 Å². The number of nitrogens with zero attached hydrogens (tertiary/aromatic N) is 2. The number of hydrogen-bond donors (Lipinski definition) is 0. The molecular weight excluding hydrogens is 232 g/mol. The minimum atomic E-state index is 0.783. The first kappa shape index (κ1) is 26.2. The lowest BCUT2D eigenvalue weighted by Crippen LogP contribution is -1.92. The highest BCUT2D eigenvalue weighted by atomic mass is 14.8. The molecule has 0 saturated heterocycles. The van der Waals surface area contributed by atoms with E-state index in [1.807, 2.05) is 62.3 Å². The molecule has 0 atom stereocenters. The zero-order chi connectivity index (χ0) is 16.3. The van der Waals surface area contributed by atoms with Gasteiger partial charge in [0.1, 0.15) is 0 Å². The Morgan fingerprint density at radius 3 is 1.47 bits per heavy atom. The summed E-state index contributed by atoms with van der Waals surface area (Å²) in [5.41, 5.74) is 2.47. The molecule has 2 nitrogen and oxygen atoms in total. The van der Waals surface area contributed by atoms with E-state index >= 15 is 0 Å². The monoisotopic (exact) mass is 266 g/mol. The van der Waals surface area contributed by atoms with E-state index in [1.165, 1.54) is 0 Å². The van der Waals surface area contributed by atoms with Gasteiger partial charge in [0.15, 0.2) is 0 Å². The third-order valence-corrected chi connectivity index (χ3v) is 1.34. The maximum Gasteiger partial charge on any atom is 0.0883 e. The van der Waals surface area contributed by atoms with Gasteiger partial charge in [-0.15, -0.1) is 0 Å². The third kappa shape index (κ3) is 14.5. The van der Waals surface area contributed by atoms with E-state index in [1.54, 1.807) is 18.3 Å². The number of hydrogen-bond acceptors (Lipinski definition) is 2. The summed E-state index contributed by atoms with van der Waals surface area (Å²) < 4.78 is 0. The van der Waals surface area contributed by atoms with Crippen molar-refractivity contribution in [1.29, 1.82) is 0 Å². The van der Waals surface area contributed by atoms with Crippen LogP contribution in [0.5, 0.6) is 0 Å². The van der Waals surface area contributed by atoms with Crippen LogP contribution in [0, 0.1) is 6.92 Å². The molecule has 19 heavy (non-hydrogen) atoms. The summed E-state index contributed by atoms with van der Waals surface area (Å²) in [6.45, 7) is 25.1. The molecule has 0 saturated carbocycles. The lowest BCUT2D eigenvalue weighted by Gasteiger charge is -1.98. The van der Waals surface area contributed by atoms with Crippen molar-refractivity contribution in [1.82, 2.24) is 9.97 Å². The van der Waals surface area contributed by atoms with Crippen molar-refractivity contribution in [2.75, 3.05) is 0 Å². The van der Waals surface area contributed by atoms with E-state index in [9.17, 15) is 0 Å². The molecule has 1 rings (SSSR count). The number of aromatic nitrogens is 2. The fourth-order valence-electron chi connectivity index (χ4n) is 0.813. The summed E-state index contributed by atoms with van der Waals surface area (Å²) in [4.78, 5) is 8.33. The molecule has 1 aromatic heterocycles. The molecule has 2 heteroatoms. The Bertz CT molecular complexity index is 291. The molecule has 0 amide bonds. The standard InChI is InChI=1S/C9H10N2.4C2H6/c1-4-8-9(5-2)11-7(3)6-10-8;4*1-2/h4-6H,1-2H2,3H3;4*1-2H3. The Labute approximate surface area is 121 Å². The molecule has 0 aliphatic carbocycles. The zero-order valence-corrected chi connectivity index (χ0v) is 14.5. The third-order valence-electron chi connectivity index (χ3n) is 1.34. The first-order chi connectivity index (χ1) is 9.27. The Morgan fingerprint density at radius 2 is 1.16 bits per heavy atom. The Kier molecular flexibility index (Phi) is 35.0. The summed E-state index contributed by atoms with van der Waals surface area (Å²) in [5.74, 6) is 0. The highest BCUT2D eigenvalue weighted by molar-refractivity contribution is 5.56. The molecule has 0 radical (unpaired) electrons. The Morgan fingerprint density at radius 1 is 0.789 bits per heavy atom. The fourth-order valence-corrected chi connectivity index (χ4v) is 0.813. The number of rotatable bonds is 2. The van der Waals surface area contributed by atoms with Crippen LogP contribution in [-0.4, -0.2) is 9.97 Å². The topological polar surface area (TPSA) is 25.8 Å². The van der Waals surface area contributed by atoms with E-state index in [4.69, 9.17) is 0 Å². The van der Waals surface area contributed by atoms with Crippen LogP contribution in [0.4, 0.5) is 0 Å². The SMILES string of the molecule is C=Cc1ncc(C)nc1C=C.CC.CC.CC.CC. The Balaban J connectivity index is -0.000000121. The highest BCUT2D eigenvalue weighted by Crippen LogP contribution is 2.05. The van der Waals surface area contributed by atoms with E-state index in [2.05, 4.69) is 23.1 Å². The van der Waals surface area contributed by atoms with Gasteiger partial charge in [-0.3, -0.25) is 4.98 Å². The fraction of sp³-hybridized carbons (Fsp3) is 0.529. The maximum atomic E-state index is 4.21. The maximum absolute atomic E-state index is 4.21. The van der Waals surface area contributed by atoms with E-state index in [0.29, 0.717) is 0 Å². The van der Waals surface area contributed by atoms with Crippen molar-refractivity contribution < 1.29 is 0 Å². The second-order valence-corrected chi connectivity index (χ2v) is 2.19. The highest BCUT2D eigenvalue weighted by Gasteiger charge is 1.96. The first-order valence-electron chi connectivity index (χ1n) is 7.36. The molecular formula is C17H34N2. The summed E-state index contributed by atoms with van der Waals surface area (Å²) in [6, 6.07) is 0. The molecule has 1 heterocycles. The van der Waals surface area contributed by atoms with Gasteiger partial charge in [0.25, 0.3) is 0 Å². The van der Waals surface area contributed by atoms with Crippen LogP contribution in [0.1, 0.15) is 72.5 Å². The van der Waals surface area contributed by atoms with Crippen LogP contribution in [0.2, 0.25) is 0 Å². The minimum Gasteiger partial charge on any atom is -0.253 e. The van der Waals surface area contributed by atoms with Gasteiger partial charge >= 0.3 is 0 Å². The van der Waals surface area contributed by atoms with Gasteiger partial charge in [-0.25, -0.2) is 4.98 Å².